The third kappa shape index (κ3) is 4.22. The third-order valence-corrected chi connectivity index (χ3v) is 3.16. The molecule has 0 aliphatic heterocycles. The van der Waals surface area contributed by atoms with Gasteiger partial charge < -0.3 is 10.1 Å². The normalized spacial score (nSPS) is 11.5. The van der Waals surface area contributed by atoms with Gasteiger partial charge in [0.2, 0.25) is 0 Å². The summed E-state index contributed by atoms with van der Waals surface area (Å²) in [4.78, 5) is 0. The van der Waals surface area contributed by atoms with Crippen LogP contribution in [0.15, 0.2) is 48.5 Å². The second-order valence-corrected chi connectivity index (χ2v) is 4.63. The Hall–Kier alpha value is -2.54. The summed E-state index contributed by atoms with van der Waals surface area (Å²) in [5, 5.41) is 11.8. The van der Waals surface area contributed by atoms with Crippen molar-refractivity contribution in [2.24, 2.45) is 0 Å². The van der Waals surface area contributed by atoms with Crippen LogP contribution in [0.4, 0.5) is 10.1 Å². The second-order valence-electron chi connectivity index (χ2n) is 4.63. The molecule has 0 aliphatic rings. The number of nitrogens with one attached hydrogen (secondary N) is 1. The lowest BCUT2D eigenvalue weighted by molar-refractivity contribution is 0.368. The van der Waals surface area contributed by atoms with Crippen molar-refractivity contribution < 1.29 is 9.13 Å². The summed E-state index contributed by atoms with van der Waals surface area (Å²) in [6, 6.07) is 16.0. The summed E-state index contributed by atoms with van der Waals surface area (Å²) in [6.07, 6.45) is 0.843. The summed E-state index contributed by atoms with van der Waals surface area (Å²) in [5.41, 5.74) is 1.85. The van der Waals surface area contributed by atoms with E-state index in [0.717, 1.165) is 17.7 Å². The Balaban J connectivity index is 2.06. The lowest BCUT2D eigenvalue weighted by atomic mass is 10.0. The van der Waals surface area contributed by atoms with Gasteiger partial charge in [0.15, 0.2) is 6.61 Å². The molecule has 108 valence electrons. The molecule has 3 nitrogen and oxygen atoms in total. The van der Waals surface area contributed by atoms with Crippen molar-refractivity contribution in [3.05, 3.63) is 59.9 Å². The van der Waals surface area contributed by atoms with E-state index in [1.165, 1.54) is 6.07 Å². The molecule has 0 spiro atoms. The molecule has 1 N–H and O–H groups in total. The summed E-state index contributed by atoms with van der Waals surface area (Å²) in [5.74, 6) is 0.425. The lowest BCUT2D eigenvalue weighted by Crippen LogP contribution is -2.09. The minimum atomic E-state index is -0.229. The number of rotatable bonds is 6. The highest BCUT2D eigenvalue weighted by molar-refractivity contribution is 5.48. The predicted octanol–water partition coefficient (Wildman–Crippen LogP) is 4.29. The first-order chi connectivity index (χ1) is 10.2. The molecule has 0 aliphatic carbocycles. The van der Waals surface area contributed by atoms with Crippen molar-refractivity contribution in [2.75, 3.05) is 11.9 Å². The zero-order valence-electron chi connectivity index (χ0n) is 11.8. The molecule has 1 atom stereocenters. The Kier molecular flexibility index (Phi) is 5.16. The van der Waals surface area contributed by atoms with Crippen LogP contribution in [0.5, 0.6) is 5.75 Å². The smallest absolute Gasteiger partial charge is 0.174 e. The van der Waals surface area contributed by atoms with E-state index < -0.39 is 0 Å². The number of nitrogens with zero attached hydrogens (tertiary/aromatic N) is 1. The van der Waals surface area contributed by atoms with Gasteiger partial charge in [0.25, 0.3) is 0 Å². The van der Waals surface area contributed by atoms with E-state index in [0.29, 0.717) is 5.75 Å². The van der Waals surface area contributed by atoms with Gasteiger partial charge in [-0.05, 0) is 48.4 Å². The van der Waals surface area contributed by atoms with E-state index in [1.807, 2.05) is 31.2 Å². The second kappa shape index (κ2) is 7.30. The van der Waals surface area contributed by atoms with Crippen LogP contribution in [-0.4, -0.2) is 6.61 Å². The average molecular weight is 284 g/mol. The molecule has 4 heteroatoms. The molecule has 2 rings (SSSR count). The van der Waals surface area contributed by atoms with Crippen LogP contribution in [0, 0.1) is 17.1 Å². The zero-order valence-corrected chi connectivity index (χ0v) is 11.8. The molecular formula is C17H17FN2O. The van der Waals surface area contributed by atoms with Crippen LogP contribution >= 0.6 is 0 Å². The minimum absolute atomic E-state index is 0.0354. The number of benzene rings is 2. The maximum Gasteiger partial charge on any atom is 0.174 e. The number of halogens is 1. The van der Waals surface area contributed by atoms with Crippen LogP contribution in [0.25, 0.3) is 0 Å². The Labute approximate surface area is 124 Å². The van der Waals surface area contributed by atoms with Crippen LogP contribution in [0.2, 0.25) is 0 Å². The van der Waals surface area contributed by atoms with Crippen molar-refractivity contribution in [3.63, 3.8) is 0 Å². The van der Waals surface area contributed by atoms with Crippen molar-refractivity contribution >= 4 is 5.69 Å². The van der Waals surface area contributed by atoms with Crippen LogP contribution in [0.1, 0.15) is 24.9 Å². The number of hydrogen-bond donors (Lipinski definition) is 1. The summed E-state index contributed by atoms with van der Waals surface area (Å²) in [7, 11) is 0. The molecule has 0 radical (unpaired) electrons. The summed E-state index contributed by atoms with van der Waals surface area (Å²) >= 11 is 0. The maximum atomic E-state index is 13.3. The molecular weight excluding hydrogens is 267 g/mol. The molecule has 1 unspecified atom stereocenters. The molecule has 0 saturated carbocycles. The van der Waals surface area contributed by atoms with Gasteiger partial charge >= 0.3 is 0 Å². The monoisotopic (exact) mass is 284 g/mol. The van der Waals surface area contributed by atoms with Crippen molar-refractivity contribution in [3.8, 4) is 11.8 Å². The first-order valence-corrected chi connectivity index (χ1v) is 6.84. The summed E-state index contributed by atoms with van der Waals surface area (Å²) in [6.45, 7) is 2.08. The molecule has 0 heterocycles. The predicted molar refractivity (Wildman–Crippen MR) is 80.6 cm³/mol. The molecule has 21 heavy (non-hydrogen) atoms. The maximum absolute atomic E-state index is 13.3. The first-order valence-electron chi connectivity index (χ1n) is 6.84. The largest absolute Gasteiger partial charge is 0.479 e. The van der Waals surface area contributed by atoms with Gasteiger partial charge in [-0.15, -0.1) is 0 Å². The van der Waals surface area contributed by atoms with Crippen LogP contribution in [-0.2, 0) is 0 Å². The number of nitriles is 1. The van der Waals surface area contributed by atoms with Gasteiger partial charge in [0.05, 0.1) is 6.04 Å². The van der Waals surface area contributed by atoms with Gasteiger partial charge in [0, 0.05) is 5.69 Å². The lowest BCUT2D eigenvalue weighted by Gasteiger charge is -2.19. The molecule has 0 fully saturated rings. The van der Waals surface area contributed by atoms with E-state index in [-0.39, 0.29) is 18.5 Å². The molecule has 0 saturated heterocycles. The molecule has 2 aromatic carbocycles. The SMILES string of the molecule is CCC(Nc1ccc(OCC#N)cc1)c1cccc(F)c1. The van der Waals surface area contributed by atoms with E-state index in [9.17, 15) is 4.39 Å². The quantitative estimate of drug-likeness (QED) is 0.860. The minimum Gasteiger partial charge on any atom is -0.479 e. The van der Waals surface area contributed by atoms with E-state index in [2.05, 4.69) is 5.32 Å². The van der Waals surface area contributed by atoms with Crippen molar-refractivity contribution in [1.82, 2.24) is 0 Å². The highest BCUT2D eigenvalue weighted by atomic mass is 19.1. The Morgan fingerprint density at radius 2 is 2.00 bits per heavy atom. The van der Waals surface area contributed by atoms with Crippen LogP contribution in [0.3, 0.4) is 0 Å². The zero-order chi connectivity index (χ0) is 15.1. The Morgan fingerprint density at radius 1 is 1.24 bits per heavy atom. The van der Waals surface area contributed by atoms with Gasteiger partial charge in [-0.25, -0.2) is 4.39 Å². The fraction of sp³-hybridized carbons (Fsp3) is 0.235. The van der Waals surface area contributed by atoms with E-state index >= 15 is 0 Å². The summed E-state index contributed by atoms with van der Waals surface area (Å²) < 4.78 is 18.5. The average Bonchev–Trinajstić information content (AvgIpc) is 2.51. The van der Waals surface area contributed by atoms with E-state index in [4.69, 9.17) is 10.00 Å². The standard InChI is InChI=1S/C17H17FN2O/c1-2-17(13-4-3-5-14(18)12-13)20-15-6-8-16(9-7-15)21-11-10-19/h3-9,12,17,20H,2,11H2,1H3. The van der Waals surface area contributed by atoms with Crippen LogP contribution < -0.4 is 10.1 Å². The molecule has 0 bridgehead atoms. The molecule has 0 aromatic heterocycles. The Bertz CT molecular complexity index is 619. The molecule has 0 amide bonds. The van der Waals surface area contributed by atoms with Crippen molar-refractivity contribution in [1.29, 1.82) is 5.26 Å². The van der Waals surface area contributed by atoms with Gasteiger partial charge in [-0.2, -0.15) is 5.26 Å². The number of ether oxygens (including phenoxy) is 1. The highest BCUT2D eigenvalue weighted by Gasteiger charge is 2.09. The molecule has 2 aromatic rings. The van der Waals surface area contributed by atoms with Gasteiger partial charge in [-0.1, -0.05) is 19.1 Å². The fourth-order valence-corrected chi connectivity index (χ4v) is 2.11. The highest BCUT2D eigenvalue weighted by Crippen LogP contribution is 2.24. The third-order valence-electron chi connectivity index (χ3n) is 3.16. The fourth-order valence-electron chi connectivity index (χ4n) is 2.11. The number of hydrogen-bond acceptors (Lipinski definition) is 3. The number of anilines is 1. The Morgan fingerprint density at radius 3 is 2.62 bits per heavy atom. The van der Waals surface area contributed by atoms with Gasteiger partial charge in [0.1, 0.15) is 17.6 Å². The first kappa shape index (κ1) is 14.9. The van der Waals surface area contributed by atoms with Crippen molar-refractivity contribution in [2.45, 2.75) is 19.4 Å². The van der Waals surface area contributed by atoms with Gasteiger partial charge in [-0.3, -0.25) is 0 Å². The van der Waals surface area contributed by atoms with E-state index in [1.54, 1.807) is 24.3 Å². The topological polar surface area (TPSA) is 45.0 Å².